The van der Waals surface area contributed by atoms with Crippen molar-refractivity contribution in [3.8, 4) is 0 Å². The van der Waals surface area contributed by atoms with Crippen LogP contribution in [0.3, 0.4) is 0 Å². The average molecular weight is 221 g/mol. The Hall–Kier alpha value is -0.830. The lowest BCUT2D eigenvalue weighted by molar-refractivity contribution is 0.426. The van der Waals surface area contributed by atoms with Gasteiger partial charge in [-0.15, -0.1) is 0 Å². The molecule has 0 saturated heterocycles. The molecule has 1 aliphatic rings. The maximum atomic E-state index is 6.08. The first-order valence-electron chi connectivity index (χ1n) is 6.46. The van der Waals surface area contributed by atoms with Gasteiger partial charge in [-0.3, -0.25) is 0 Å². The van der Waals surface area contributed by atoms with Crippen LogP contribution in [0.5, 0.6) is 0 Å². The summed E-state index contributed by atoms with van der Waals surface area (Å²) in [5.41, 5.74) is 7.28. The monoisotopic (exact) mass is 221 g/mol. The molecule has 1 aromatic rings. The summed E-state index contributed by atoms with van der Waals surface area (Å²) in [4.78, 5) is 4.24. The molecular formula is C13H23N3. The van der Waals surface area contributed by atoms with Gasteiger partial charge in [0.15, 0.2) is 0 Å². The fourth-order valence-electron chi connectivity index (χ4n) is 2.77. The molecule has 1 aromatic heterocycles. The van der Waals surface area contributed by atoms with Gasteiger partial charge in [-0.05, 0) is 31.1 Å². The standard InChI is InChI=1S/C13H23N3/c1-3-12(14)13-7-15-9-16(13)8-11-5-4-10(2)6-11/h7,9-12H,3-6,8,14H2,1-2H3/t10?,11?,12-/m1/s1. The van der Waals surface area contributed by atoms with Crippen molar-refractivity contribution in [1.29, 1.82) is 0 Å². The molecule has 0 spiro atoms. The van der Waals surface area contributed by atoms with Crippen molar-refractivity contribution in [1.82, 2.24) is 9.55 Å². The van der Waals surface area contributed by atoms with Crippen LogP contribution in [0.15, 0.2) is 12.5 Å². The smallest absolute Gasteiger partial charge is 0.0948 e. The Labute approximate surface area is 98.1 Å². The Bertz CT molecular complexity index is 332. The van der Waals surface area contributed by atoms with Crippen LogP contribution in [-0.4, -0.2) is 9.55 Å². The molecular weight excluding hydrogens is 198 g/mol. The minimum atomic E-state index is 0.140. The van der Waals surface area contributed by atoms with Gasteiger partial charge >= 0.3 is 0 Å². The van der Waals surface area contributed by atoms with Gasteiger partial charge in [0, 0.05) is 18.8 Å². The largest absolute Gasteiger partial charge is 0.333 e. The van der Waals surface area contributed by atoms with Crippen LogP contribution in [0.4, 0.5) is 0 Å². The average Bonchev–Trinajstić information content (AvgIpc) is 2.87. The molecule has 90 valence electrons. The van der Waals surface area contributed by atoms with Crippen molar-refractivity contribution in [3.05, 3.63) is 18.2 Å². The minimum absolute atomic E-state index is 0.140. The normalized spacial score (nSPS) is 27.2. The molecule has 0 radical (unpaired) electrons. The van der Waals surface area contributed by atoms with E-state index >= 15 is 0 Å². The van der Waals surface area contributed by atoms with Gasteiger partial charge in [0.25, 0.3) is 0 Å². The van der Waals surface area contributed by atoms with Crippen molar-refractivity contribution in [3.63, 3.8) is 0 Å². The molecule has 1 aliphatic carbocycles. The second-order valence-corrected chi connectivity index (χ2v) is 5.27. The van der Waals surface area contributed by atoms with Crippen LogP contribution in [0.25, 0.3) is 0 Å². The number of nitrogens with two attached hydrogens (primary N) is 1. The Morgan fingerprint density at radius 2 is 2.38 bits per heavy atom. The van der Waals surface area contributed by atoms with E-state index in [0.29, 0.717) is 0 Å². The van der Waals surface area contributed by atoms with Crippen LogP contribution in [0, 0.1) is 11.8 Å². The molecule has 3 nitrogen and oxygen atoms in total. The van der Waals surface area contributed by atoms with E-state index in [2.05, 4.69) is 23.4 Å². The van der Waals surface area contributed by atoms with Gasteiger partial charge in [-0.25, -0.2) is 4.98 Å². The number of rotatable bonds is 4. The van der Waals surface area contributed by atoms with Gasteiger partial charge in [-0.2, -0.15) is 0 Å². The summed E-state index contributed by atoms with van der Waals surface area (Å²) in [7, 11) is 0. The molecule has 0 aliphatic heterocycles. The first-order valence-corrected chi connectivity index (χ1v) is 6.46. The molecule has 2 unspecified atom stereocenters. The fourth-order valence-corrected chi connectivity index (χ4v) is 2.77. The highest BCUT2D eigenvalue weighted by Gasteiger charge is 2.22. The summed E-state index contributed by atoms with van der Waals surface area (Å²) in [5.74, 6) is 1.73. The van der Waals surface area contributed by atoms with Crippen LogP contribution in [0.2, 0.25) is 0 Å². The topological polar surface area (TPSA) is 43.8 Å². The summed E-state index contributed by atoms with van der Waals surface area (Å²) >= 11 is 0. The molecule has 3 atom stereocenters. The molecule has 1 saturated carbocycles. The molecule has 0 bridgehead atoms. The molecule has 2 N–H and O–H groups in total. The van der Waals surface area contributed by atoms with E-state index in [1.165, 1.54) is 25.0 Å². The third-order valence-corrected chi connectivity index (χ3v) is 3.82. The highest BCUT2D eigenvalue weighted by Crippen LogP contribution is 2.32. The van der Waals surface area contributed by atoms with Gasteiger partial charge in [0.2, 0.25) is 0 Å². The zero-order valence-electron chi connectivity index (χ0n) is 10.4. The molecule has 16 heavy (non-hydrogen) atoms. The third kappa shape index (κ3) is 2.46. The summed E-state index contributed by atoms with van der Waals surface area (Å²) in [6.45, 7) is 5.58. The first-order chi connectivity index (χ1) is 7.70. The lowest BCUT2D eigenvalue weighted by Crippen LogP contribution is -2.17. The van der Waals surface area contributed by atoms with Gasteiger partial charge in [0.05, 0.1) is 12.0 Å². The van der Waals surface area contributed by atoms with Crippen LogP contribution in [-0.2, 0) is 6.54 Å². The van der Waals surface area contributed by atoms with Crippen molar-refractivity contribution in [2.75, 3.05) is 0 Å². The number of imidazole rings is 1. The zero-order valence-corrected chi connectivity index (χ0v) is 10.4. The van der Waals surface area contributed by atoms with Crippen LogP contribution in [0.1, 0.15) is 51.3 Å². The van der Waals surface area contributed by atoms with Crippen LogP contribution >= 0.6 is 0 Å². The van der Waals surface area contributed by atoms with E-state index < -0.39 is 0 Å². The highest BCUT2D eigenvalue weighted by atomic mass is 15.1. The van der Waals surface area contributed by atoms with Crippen molar-refractivity contribution in [2.24, 2.45) is 17.6 Å². The Morgan fingerprint density at radius 3 is 3.00 bits per heavy atom. The van der Waals surface area contributed by atoms with E-state index in [-0.39, 0.29) is 6.04 Å². The highest BCUT2D eigenvalue weighted by molar-refractivity contribution is 5.04. The Kier molecular flexibility index (Phi) is 3.64. The third-order valence-electron chi connectivity index (χ3n) is 3.82. The summed E-state index contributed by atoms with van der Waals surface area (Å²) in [5, 5.41) is 0. The number of nitrogens with zero attached hydrogens (tertiary/aromatic N) is 2. The second kappa shape index (κ2) is 5.00. The summed E-state index contributed by atoms with van der Waals surface area (Å²) in [6.07, 6.45) is 8.95. The lowest BCUT2D eigenvalue weighted by atomic mass is 10.1. The van der Waals surface area contributed by atoms with Gasteiger partial charge in [0.1, 0.15) is 0 Å². The van der Waals surface area contributed by atoms with Crippen LogP contribution < -0.4 is 5.73 Å². The van der Waals surface area contributed by atoms with Gasteiger partial charge < -0.3 is 10.3 Å². The molecule has 0 aromatic carbocycles. The quantitative estimate of drug-likeness (QED) is 0.849. The Morgan fingerprint density at radius 1 is 1.56 bits per heavy atom. The Balaban J connectivity index is 2.01. The molecule has 1 fully saturated rings. The molecule has 0 amide bonds. The maximum Gasteiger partial charge on any atom is 0.0948 e. The summed E-state index contributed by atoms with van der Waals surface area (Å²) < 4.78 is 2.26. The predicted molar refractivity (Wildman–Crippen MR) is 66.0 cm³/mol. The number of hydrogen-bond acceptors (Lipinski definition) is 2. The zero-order chi connectivity index (χ0) is 11.5. The second-order valence-electron chi connectivity index (χ2n) is 5.27. The number of hydrogen-bond donors (Lipinski definition) is 1. The molecule has 3 heteroatoms. The van der Waals surface area contributed by atoms with Crippen molar-refractivity contribution >= 4 is 0 Å². The van der Waals surface area contributed by atoms with E-state index in [9.17, 15) is 0 Å². The predicted octanol–water partition coefficient (Wildman–Crippen LogP) is 2.73. The molecule has 1 heterocycles. The van der Waals surface area contributed by atoms with E-state index in [1.807, 2.05) is 12.5 Å². The molecule has 2 rings (SSSR count). The first kappa shape index (κ1) is 11.6. The van der Waals surface area contributed by atoms with E-state index in [1.54, 1.807) is 0 Å². The van der Waals surface area contributed by atoms with E-state index in [0.717, 1.165) is 24.8 Å². The van der Waals surface area contributed by atoms with Gasteiger partial charge in [-0.1, -0.05) is 20.3 Å². The minimum Gasteiger partial charge on any atom is -0.333 e. The van der Waals surface area contributed by atoms with E-state index in [4.69, 9.17) is 5.73 Å². The van der Waals surface area contributed by atoms with Crippen molar-refractivity contribution < 1.29 is 0 Å². The summed E-state index contributed by atoms with van der Waals surface area (Å²) in [6, 6.07) is 0.140. The SMILES string of the molecule is CC[C@@H](N)c1cncn1CC1CCC(C)C1. The van der Waals surface area contributed by atoms with Crippen molar-refractivity contribution in [2.45, 2.75) is 52.1 Å². The number of aromatic nitrogens is 2. The fraction of sp³-hybridized carbons (Fsp3) is 0.769. The lowest BCUT2D eigenvalue weighted by Gasteiger charge is -2.16. The maximum absolute atomic E-state index is 6.08.